The fourth-order valence-corrected chi connectivity index (χ4v) is 1.26. The van der Waals surface area contributed by atoms with E-state index >= 15 is 0 Å². The predicted octanol–water partition coefficient (Wildman–Crippen LogP) is 0.640. The molecule has 0 fully saturated rings. The number of methoxy groups -OCH3 is 1. The summed E-state index contributed by atoms with van der Waals surface area (Å²) in [6.07, 6.45) is 1.07. The van der Waals surface area contributed by atoms with Gasteiger partial charge in [-0.15, -0.1) is 5.10 Å². The van der Waals surface area contributed by atoms with Crippen molar-refractivity contribution < 1.29 is 4.74 Å². The maximum absolute atomic E-state index is 11.4. The van der Waals surface area contributed by atoms with Gasteiger partial charge in [0.15, 0.2) is 0 Å². The number of nitrogens with one attached hydrogen (secondary N) is 1. The Morgan fingerprint density at radius 1 is 1.56 bits per heavy atom. The third kappa shape index (κ3) is 3.66. The molecule has 90 valence electrons. The number of rotatable bonds is 6. The van der Waals surface area contributed by atoms with Crippen molar-refractivity contribution in [2.75, 3.05) is 13.7 Å². The minimum absolute atomic E-state index is 0.105. The van der Waals surface area contributed by atoms with Crippen molar-refractivity contribution in [1.29, 1.82) is 0 Å². The second-order valence-electron chi connectivity index (χ2n) is 3.70. The molecule has 0 aromatic carbocycles. The number of hydrogen-bond acceptors (Lipinski definition) is 4. The molecule has 0 amide bonds. The topological polar surface area (TPSA) is 56.1 Å². The highest BCUT2D eigenvalue weighted by atomic mass is 16.5. The Balaban J connectivity index is 2.56. The summed E-state index contributed by atoms with van der Waals surface area (Å²) in [7, 11) is 1.54. The first-order valence-electron chi connectivity index (χ1n) is 5.53. The number of nitrogens with zero attached hydrogens (tertiary/aromatic N) is 2. The van der Waals surface area contributed by atoms with Crippen LogP contribution in [0.1, 0.15) is 20.3 Å². The van der Waals surface area contributed by atoms with Crippen LogP contribution >= 0.6 is 0 Å². The van der Waals surface area contributed by atoms with Crippen molar-refractivity contribution in [2.45, 2.75) is 32.9 Å². The Hall–Kier alpha value is -1.36. The maximum atomic E-state index is 11.4. The van der Waals surface area contributed by atoms with E-state index in [0.29, 0.717) is 18.5 Å². The lowest BCUT2D eigenvalue weighted by molar-refractivity contribution is 0.372. The van der Waals surface area contributed by atoms with Gasteiger partial charge in [0.1, 0.15) is 0 Å². The van der Waals surface area contributed by atoms with E-state index in [1.54, 1.807) is 6.07 Å². The molecular formula is C11H19N3O2. The van der Waals surface area contributed by atoms with Crippen LogP contribution in [-0.4, -0.2) is 29.5 Å². The van der Waals surface area contributed by atoms with Gasteiger partial charge in [-0.25, -0.2) is 4.68 Å². The first-order valence-corrected chi connectivity index (χ1v) is 5.53. The zero-order chi connectivity index (χ0) is 12.0. The molecule has 0 bridgehead atoms. The Morgan fingerprint density at radius 3 is 2.94 bits per heavy atom. The van der Waals surface area contributed by atoms with Gasteiger partial charge in [0.25, 0.3) is 5.56 Å². The molecule has 16 heavy (non-hydrogen) atoms. The van der Waals surface area contributed by atoms with Gasteiger partial charge in [0, 0.05) is 24.7 Å². The summed E-state index contributed by atoms with van der Waals surface area (Å²) in [6, 6.07) is 3.50. The van der Waals surface area contributed by atoms with Crippen LogP contribution in [0, 0.1) is 0 Å². The van der Waals surface area contributed by atoms with Gasteiger partial charge in [0.2, 0.25) is 5.88 Å². The molecule has 0 radical (unpaired) electrons. The molecule has 1 aromatic heterocycles. The van der Waals surface area contributed by atoms with Crippen molar-refractivity contribution in [2.24, 2.45) is 0 Å². The van der Waals surface area contributed by atoms with Crippen LogP contribution in [0.25, 0.3) is 0 Å². The highest BCUT2D eigenvalue weighted by Crippen LogP contribution is 1.98. The van der Waals surface area contributed by atoms with Gasteiger partial charge >= 0.3 is 0 Å². The van der Waals surface area contributed by atoms with E-state index in [-0.39, 0.29) is 5.56 Å². The first-order chi connectivity index (χ1) is 7.67. The van der Waals surface area contributed by atoms with Gasteiger partial charge in [-0.3, -0.25) is 4.79 Å². The summed E-state index contributed by atoms with van der Waals surface area (Å²) in [5.41, 5.74) is -0.105. The molecule has 1 rings (SSSR count). The van der Waals surface area contributed by atoms with Gasteiger partial charge in [-0.2, -0.15) is 0 Å². The summed E-state index contributed by atoms with van der Waals surface area (Å²) < 4.78 is 6.38. The molecule has 0 aliphatic carbocycles. The van der Waals surface area contributed by atoms with Crippen molar-refractivity contribution in [3.8, 4) is 5.88 Å². The van der Waals surface area contributed by atoms with Gasteiger partial charge in [0.05, 0.1) is 13.7 Å². The number of hydrogen-bond donors (Lipinski definition) is 1. The Labute approximate surface area is 95.4 Å². The van der Waals surface area contributed by atoms with Crippen molar-refractivity contribution in [3.63, 3.8) is 0 Å². The van der Waals surface area contributed by atoms with Gasteiger partial charge in [-0.1, -0.05) is 6.92 Å². The molecule has 0 saturated heterocycles. The Kier molecular flexibility index (Phi) is 4.98. The summed E-state index contributed by atoms with van der Waals surface area (Å²) in [6.45, 7) is 5.52. The summed E-state index contributed by atoms with van der Waals surface area (Å²) >= 11 is 0. The largest absolute Gasteiger partial charge is 0.480 e. The van der Waals surface area contributed by atoms with Crippen molar-refractivity contribution in [3.05, 3.63) is 22.5 Å². The summed E-state index contributed by atoms with van der Waals surface area (Å²) in [4.78, 5) is 11.4. The maximum Gasteiger partial charge on any atom is 0.267 e. The third-order valence-corrected chi connectivity index (χ3v) is 2.48. The van der Waals surface area contributed by atoms with Crippen LogP contribution in [0.2, 0.25) is 0 Å². The zero-order valence-electron chi connectivity index (χ0n) is 10.1. The van der Waals surface area contributed by atoms with Crippen LogP contribution in [0.15, 0.2) is 16.9 Å². The second-order valence-corrected chi connectivity index (χ2v) is 3.70. The van der Waals surface area contributed by atoms with E-state index in [2.05, 4.69) is 24.3 Å². The monoisotopic (exact) mass is 225 g/mol. The number of aromatic nitrogens is 2. The van der Waals surface area contributed by atoms with Crippen molar-refractivity contribution >= 4 is 0 Å². The lowest BCUT2D eigenvalue weighted by Gasteiger charge is -2.11. The van der Waals surface area contributed by atoms with Crippen LogP contribution in [0.5, 0.6) is 5.88 Å². The minimum atomic E-state index is -0.105. The molecule has 5 nitrogen and oxygen atoms in total. The molecule has 0 aliphatic rings. The van der Waals surface area contributed by atoms with Crippen LogP contribution in [0.3, 0.4) is 0 Å². The molecular weight excluding hydrogens is 206 g/mol. The summed E-state index contributed by atoms with van der Waals surface area (Å²) in [5.74, 6) is 0.461. The lowest BCUT2D eigenvalue weighted by atomic mass is 10.3. The molecule has 1 atom stereocenters. The molecule has 5 heteroatoms. The molecule has 0 saturated carbocycles. The fraction of sp³-hybridized carbons (Fsp3) is 0.636. The minimum Gasteiger partial charge on any atom is -0.480 e. The number of ether oxygens (including phenoxy) is 1. The third-order valence-electron chi connectivity index (χ3n) is 2.48. The van der Waals surface area contributed by atoms with Gasteiger partial charge < -0.3 is 10.1 Å². The highest BCUT2D eigenvalue weighted by molar-refractivity contribution is 5.05. The standard InChI is InChI=1S/C11H19N3O2/c1-4-9(2)12-7-8-14-11(15)6-5-10(13-14)16-3/h5-6,9,12H,4,7-8H2,1-3H3. The molecule has 0 aliphatic heterocycles. The fourth-order valence-electron chi connectivity index (χ4n) is 1.26. The average molecular weight is 225 g/mol. The SMILES string of the molecule is CCC(C)NCCn1nc(OC)ccc1=O. The molecule has 1 aromatic rings. The van der Waals surface area contributed by atoms with E-state index in [0.717, 1.165) is 13.0 Å². The van der Waals surface area contributed by atoms with E-state index < -0.39 is 0 Å². The summed E-state index contributed by atoms with van der Waals surface area (Å²) in [5, 5.41) is 7.36. The highest BCUT2D eigenvalue weighted by Gasteiger charge is 2.01. The van der Waals surface area contributed by atoms with E-state index in [4.69, 9.17) is 4.74 Å². The molecule has 1 unspecified atom stereocenters. The normalized spacial score (nSPS) is 12.4. The molecule has 0 spiro atoms. The first kappa shape index (κ1) is 12.7. The molecule has 1 heterocycles. The molecule has 1 N–H and O–H groups in total. The van der Waals surface area contributed by atoms with Gasteiger partial charge in [-0.05, 0) is 13.3 Å². The smallest absolute Gasteiger partial charge is 0.267 e. The van der Waals surface area contributed by atoms with Crippen LogP contribution < -0.4 is 15.6 Å². The Morgan fingerprint density at radius 2 is 2.31 bits per heavy atom. The average Bonchev–Trinajstić information content (AvgIpc) is 2.31. The Bertz CT molecular complexity index is 376. The zero-order valence-corrected chi connectivity index (χ0v) is 10.1. The second kappa shape index (κ2) is 6.27. The van der Waals surface area contributed by atoms with E-state index in [1.807, 2.05) is 0 Å². The van der Waals surface area contributed by atoms with E-state index in [1.165, 1.54) is 17.9 Å². The van der Waals surface area contributed by atoms with E-state index in [9.17, 15) is 4.79 Å². The quantitative estimate of drug-likeness (QED) is 0.772. The predicted molar refractivity (Wildman–Crippen MR) is 62.8 cm³/mol. The van der Waals surface area contributed by atoms with Crippen molar-refractivity contribution in [1.82, 2.24) is 15.1 Å². The van der Waals surface area contributed by atoms with Crippen LogP contribution in [-0.2, 0) is 6.54 Å². The lowest BCUT2D eigenvalue weighted by Crippen LogP contribution is -2.32. The van der Waals surface area contributed by atoms with Crippen LogP contribution in [0.4, 0.5) is 0 Å².